The third-order valence-corrected chi connectivity index (χ3v) is 1.89. The van der Waals surface area contributed by atoms with Gasteiger partial charge >= 0.3 is 0 Å². The number of anilines is 1. The fourth-order valence-electron chi connectivity index (χ4n) is 1.17. The third kappa shape index (κ3) is 2.47. The van der Waals surface area contributed by atoms with Gasteiger partial charge in [0.1, 0.15) is 5.69 Å². The molecule has 2 nitrogen and oxygen atoms in total. The largest absolute Gasteiger partial charge is 0.350 e. The Bertz CT molecular complexity index is 404. The Balaban J connectivity index is 2.08. The first-order chi connectivity index (χ1) is 7.36. The predicted molar refractivity (Wildman–Crippen MR) is 57.1 cm³/mol. The van der Waals surface area contributed by atoms with Gasteiger partial charge in [0.2, 0.25) is 0 Å². The number of halogens is 1. The maximum Gasteiger partial charge on any atom is 0.158 e. The van der Waals surface area contributed by atoms with Gasteiger partial charge in [-0.1, -0.05) is 40.9 Å². The van der Waals surface area contributed by atoms with Crippen molar-refractivity contribution in [2.45, 2.75) is 0 Å². The molecule has 2 aromatic rings. The molecule has 0 atom stereocenters. The second-order valence-corrected chi connectivity index (χ2v) is 2.98. The summed E-state index contributed by atoms with van der Waals surface area (Å²) in [5.41, 5.74) is 0.362. The molecule has 0 unspecified atom stereocenters. The lowest BCUT2D eigenvalue weighted by Gasteiger charge is -2.13. The molecule has 15 heavy (non-hydrogen) atoms. The molecule has 0 saturated carbocycles. The molecular formula is C12H10FNO. The van der Waals surface area contributed by atoms with Gasteiger partial charge in [0.25, 0.3) is 0 Å². The van der Waals surface area contributed by atoms with Gasteiger partial charge in [-0.2, -0.15) is 0 Å². The van der Waals surface area contributed by atoms with Crippen LogP contribution in [0.5, 0.6) is 5.75 Å². The Labute approximate surface area is 87.4 Å². The van der Waals surface area contributed by atoms with E-state index in [9.17, 15) is 4.48 Å². The van der Waals surface area contributed by atoms with Crippen LogP contribution in [0.15, 0.2) is 60.7 Å². The van der Waals surface area contributed by atoms with Crippen LogP contribution in [0.3, 0.4) is 0 Å². The van der Waals surface area contributed by atoms with E-state index in [0.29, 0.717) is 11.4 Å². The maximum absolute atomic E-state index is 13.4. The minimum absolute atomic E-state index is 0.245. The van der Waals surface area contributed by atoms with Gasteiger partial charge in [0, 0.05) is 0 Å². The summed E-state index contributed by atoms with van der Waals surface area (Å²) in [6, 6.07) is 17.4. The summed E-state index contributed by atoms with van der Waals surface area (Å²) >= 11 is 0. The van der Waals surface area contributed by atoms with Crippen LogP contribution in [-0.4, -0.2) is 0 Å². The lowest BCUT2D eigenvalue weighted by atomic mass is 10.3. The average molecular weight is 203 g/mol. The molecule has 0 aliphatic carbocycles. The molecule has 0 radical (unpaired) electrons. The first-order valence-corrected chi connectivity index (χ1v) is 4.60. The molecule has 3 heteroatoms. The summed E-state index contributed by atoms with van der Waals surface area (Å²) in [4.78, 5) is 4.97. The van der Waals surface area contributed by atoms with Crippen molar-refractivity contribution in [1.82, 2.24) is 0 Å². The zero-order chi connectivity index (χ0) is 10.5. The van der Waals surface area contributed by atoms with E-state index in [1.807, 2.05) is 12.1 Å². The molecule has 0 spiro atoms. The molecule has 0 aromatic heterocycles. The standard InChI is InChI=1S/C12H10FNO/c13-14(11-7-3-1-4-8-11)15-12-9-5-2-6-10-12/h1-10H. The zero-order valence-electron chi connectivity index (χ0n) is 8.01. The molecule has 2 aromatic carbocycles. The topological polar surface area (TPSA) is 12.5 Å². The Morgan fingerprint density at radius 3 is 1.93 bits per heavy atom. The van der Waals surface area contributed by atoms with Crippen molar-refractivity contribution in [3.05, 3.63) is 60.7 Å². The highest BCUT2D eigenvalue weighted by molar-refractivity contribution is 5.41. The lowest BCUT2D eigenvalue weighted by molar-refractivity contribution is 0.141. The monoisotopic (exact) mass is 203 g/mol. The van der Waals surface area contributed by atoms with Crippen LogP contribution in [-0.2, 0) is 0 Å². The van der Waals surface area contributed by atoms with Crippen molar-refractivity contribution in [2.24, 2.45) is 0 Å². The highest BCUT2D eigenvalue weighted by Gasteiger charge is 2.05. The van der Waals surface area contributed by atoms with E-state index in [2.05, 4.69) is 0 Å². The van der Waals surface area contributed by atoms with Crippen molar-refractivity contribution >= 4 is 5.69 Å². The van der Waals surface area contributed by atoms with E-state index in [4.69, 9.17) is 4.84 Å². The summed E-state index contributed by atoms with van der Waals surface area (Å²) in [5.74, 6) is 0.462. The molecular weight excluding hydrogens is 193 g/mol. The normalized spacial score (nSPS) is 9.67. The van der Waals surface area contributed by atoms with Crippen LogP contribution in [0.4, 0.5) is 10.2 Å². The number of rotatable bonds is 3. The Hall–Kier alpha value is -2.03. The molecule has 0 aliphatic heterocycles. The smallest absolute Gasteiger partial charge is 0.158 e. The molecule has 2 rings (SSSR count). The summed E-state index contributed by atoms with van der Waals surface area (Å²) in [6.45, 7) is 0. The quantitative estimate of drug-likeness (QED) is 0.560. The van der Waals surface area contributed by atoms with Gasteiger partial charge in [0.15, 0.2) is 5.75 Å². The Kier molecular flexibility index (Phi) is 2.83. The van der Waals surface area contributed by atoms with Crippen molar-refractivity contribution in [3.8, 4) is 5.75 Å². The SMILES string of the molecule is FN(Oc1ccccc1)c1ccccc1. The molecule has 0 N–H and O–H groups in total. The number of benzene rings is 2. The maximum atomic E-state index is 13.4. The van der Waals surface area contributed by atoms with Gasteiger partial charge in [0.05, 0.1) is 0 Å². The fraction of sp³-hybridized carbons (Fsp3) is 0. The minimum Gasteiger partial charge on any atom is -0.350 e. The molecule has 0 saturated heterocycles. The van der Waals surface area contributed by atoms with Crippen LogP contribution in [0.25, 0.3) is 0 Å². The van der Waals surface area contributed by atoms with E-state index < -0.39 is 0 Å². The number of hydrogen-bond donors (Lipinski definition) is 0. The van der Waals surface area contributed by atoms with Crippen LogP contribution >= 0.6 is 0 Å². The molecule has 76 valence electrons. The number of nitrogens with zero attached hydrogens (tertiary/aromatic N) is 1. The summed E-state index contributed by atoms with van der Waals surface area (Å²) < 4.78 is 13.4. The van der Waals surface area contributed by atoms with Gasteiger partial charge in [-0.05, 0) is 29.6 Å². The van der Waals surface area contributed by atoms with E-state index in [0.717, 1.165) is 0 Å². The van der Waals surface area contributed by atoms with Gasteiger partial charge in [-0.25, -0.2) is 0 Å². The Morgan fingerprint density at radius 2 is 1.33 bits per heavy atom. The van der Waals surface area contributed by atoms with Crippen molar-refractivity contribution in [2.75, 3.05) is 5.29 Å². The highest BCUT2D eigenvalue weighted by atomic mass is 19.2. The Morgan fingerprint density at radius 1 is 0.800 bits per heavy atom. The highest BCUT2D eigenvalue weighted by Crippen LogP contribution is 2.17. The summed E-state index contributed by atoms with van der Waals surface area (Å²) in [5, 5.41) is 0.245. The molecule has 0 heterocycles. The fourth-order valence-corrected chi connectivity index (χ4v) is 1.17. The summed E-state index contributed by atoms with van der Waals surface area (Å²) in [6.07, 6.45) is 0. The molecule has 0 amide bonds. The third-order valence-electron chi connectivity index (χ3n) is 1.89. The van der Waals surface area contributed by atoms with Gasteiger partial charge in [-0.3, -0.25) is 0 Å². The molecule has 0 bridgehead atoms. The van der Waals surface area contributed by atoms with E-state index in [1.54, 1.807) is 48.5 Å². The van der Waals surface area contributed by atoms with E-state index in [1.165, 1.54) is 0 Å². The second-order valence-electron chi connectivity index (χ2n) is 2.98. The molecule has 0 aliphatic rings. The first kappa shape index (κ1) is 9.52. The zero-order valence-corrected chi connectivity index (χ0v) is 8.01. The van der Waals surface area contributed by atoms with Crippen LogP contribution in [0.2, 0.25) is 0 Å². The van der Waals surface area contributed by atoms with E-state index in [-0.39, 0.29) is 5.29 Å². The van der Waals surface area contributed by atoms with Gasteiger partial charge < -0.3 is 4.84 Å². The second kappa shape index (κ2) is 4.46. The van der Waals surface area contributed by atoms with Crippen molar-refractivity contribution < 1.29 is 9.32 Å². The first-order valence-electron chi connectivity index (χ1n) is 4.60. The predicted octanol–water partition coefficient (Wildman–Crippen LogP) is 3.37. The minimum atomic E-state index is 0.245. The van der Waals surface area contributed by atoms with Crippen LogP contribution < -0.4 is 10.1 Å². The van der Waals surface area contributed by atoms with Gasteiger partial charge in [-0.15, -0.1) is 0 Å². The van der Waals surface area contributed by atoms with Crippen LogP contribution in [0.1, 0.15) is 0 Å². The van der Waals surface area contributed by atoms with E-state index >= 15 is 0 Å². The lowest BCUT2D eigenvalue weighted by Crippen LogP contribution is -2.16. The average Bonchev–Trinajstić information content (AvgIpc) is 2.31. The van der Waals surface area contributed by atoms with Crippen LogP contribution in [0, 0.1) is 0 Å². The van der Waals surface area contributed by atoms with Crippen molar-refractivity contribution in [1.29, 1.82) is 0 Å². The molecule has 0 fully saturated rings. The summed E-state index contributed by atoms with van der Waals surface area (Å²) in [7, 11) is 0. The number of hydrogen-bond acceptors (Lipinski definition) is 2. The van der Waals surface area contributed by atoms with Crippen molar-refractivity contribution in [3.63, 3.8) is 0 Å². The number of para-hydroxylation sites is 2.